The second-order valence-electron chi connectivity index (χ2n) is 2.60. The van der Waals surface area contributed by atoms with Crippen molar-refractivity contribution in [3.63, 3.8) is 0 Å². The fourth-order valence-corrected chi connectivity index (χ4v) is 1.24. The number of rotatable bonds is 2. The Balaban J connectivity index is 2.16. The van der Waals surface area contributed by atoms with Crippen LogP contribution in [-0.4, -0.2) is 29.4 Å². The summed E-state index contributed by atoms with van der Waals surface area (Å²) in [5.41, 5.74) is 0. The highest BCUT2D eigenvalue weighted by molar-refractivity contribution is 6.18. The lowest BCUT2D eigenvalue weighted by molar-refractivity contribution is 0.430. The molecule has 1 rings (SSSR count). The Morgan fingerprint density at radius 2 is 2.38 bits per heavy atom. The molecule has 1 nitrogen and oxygen atoms in total. The van der Waals surface area contributed by atoms with Crippen molar-refractivity contribution in [1.29, 1.82) is 0 Å². The molecule has 1 saturated heterocycles. The van der Waals surface area contributed by atoms with E-state index in [1.807, 2.05) is 0 Å². The summed E-state index contributed by atoms with van der Waals surface area (Å²) in [5, 5.41) is 0. The van der Waals surface area contributed by atoms with Crippen LogP contribution in [0.4, 0.5) is 0 Å². The molecular formula is C6H12ClN. The summed E-state index contributed by atoms with van der Waals surface area (Å²) < 4.78 is 0. The van der Waals surface area contributed by atoms with E-state index >= 15 is 0 Å². The third-order valence-corrected chi connectivity index (χ3v) is 1.95. The maximum Gasteiger partial charge on any atom is 0.0392 e. The van der Waals surface area contributed by atoms with Crippen molar-refractivity contribution >= 4 is 11.6 Å². The Morgan fingerprint density at radius 1 is 1.75 bits per heavy atom. The highest BCUT2D eigenvalue weighted by atomic mass is 35.5. The van der Waals surface area contributed by atoms with Crippen molar-refractivity contribution in [2.24, 2.45) is 0 Å². The predicted octanol–water partition coefficient (Wildman–Crippen LogP) is 1.32. The van der Waals surface area contributed by atoms with E-state index in [2.05, 4.69) is 18.7 Å². The monoisotopic (exact) mass is 133 g/mol. The van der Waals surface area contributed by atoms with Gasteiger partial charge in [-0.25, -0.2) is 0 Å². The van der Waals surface area contributed by atoms with E-state index in [1.54, 1.807) is 0 Å². The molecule has 8 heavy (non-hydrogen) atoms. The maximum absolute atomic E-state index is 5.60. The van der Waals surface area contributed by atoms with Crippen LogP contribution in [0.25, 0.3) is 0 Å². The molecule has 0 saturated carbocycles. The zero-order chi connectivity index (χ0) is 6.15. The first kappa shape index (κ1) is 6.37. The van der Waals surface area contributed by atoms with Crippen LogP contribution < -0.4 is 0 Å². The molecule has 2 unspecified atom stereocenters. The van der Waals surface area contributed by atoms with Crippen molar-refractivity contribution in [3.8, 4) is 0 Å². The van der Waals surface area contributed by atoms with Gasteiger partial charge in [-0.2, -0.15) is 0 Å². The Labute approximate surface area is 55.6 Å². The lowest BCUT2D eigenvalue weighted by Crippen LogP contribution is -2.12. The Morgan fingerprint density at radius 3 is 2.50 bits per heavy atom. The van der Waals surface area contributed by atoms with E-state index in [4.69, 9.17) is 11.6 Å². The van der Waals surface area contributed by atoms with Crippen LogP contribution in [-0.2, 0) is 0 Å². The van der Waals surface area contributed by atoms with Crippen LogP contribution >= 0.6 is 11.6 Å². The third kappa shape index (κ3) is 1.15. The molecule has 0 aromatic rings. The van der Waals surface area contributed by atoms with E-state index < -0.39 is 0 Å². The number of alkyl halides is 1. The van der Waals surface area contributed by atoms with Crippen LogP contribution in [0.1, 0.15) is 13.8 Å². The van der Waals surface area contributed by atoms with Crippen molar-refractivity contribution in [2.75, 3.05) is 12.4 Å². The van der Waals surface area contributed by atoms with Crippen LogP contribution in [0, 0.1) is 0 Å². The molecule has 2 atom stereocenters. The molecule has 0 aromatic carbocycles. The van der Waals surface area contributed by atoms with Crippen molar-refractivity contribution in [3.05, 3.63) is 0 Å². The summed E-state index contributed by atoms with van der Waals surface area (Å²) in [6.07, 6.45) is 0. The van der Waals surface area contributed by atoms with Crippen molar-refractivity contribution in [2.45, 2.75) is 25.9 Å². The van der Waals surface area contributed by atoms with E-state index in [9.17, 15) is 0 Å². The first-order valence-electron chi connectivity index (χ1n) is 3.07. The normalized spacial score (nSPS) is 36.0. The van der Waals surface area contributed by atoms with Gasteiger partial charge in [-0.15, -0.1) is 11.6 Å². The van der Waals surface area contributed by atoms with Crippen molar-refractivity contribution in [1.82, 2.24) is 4.90 Å². The van der Waals surface area contributed by atoms with Gasteiger partial charge in [-0.05, 0) is 13.8 Å². The van der Waals surface area contributed by atoms with Crippen LogP contribution in [0.2, 0.25) is 0 Å². The van der Waals surface area contributed by atoms with E-state index in [0.717, 1.165) is 5.88 Å². The third-order valence-electron chi connectivity index (χ3n) is 1.60. The van der Waals surface area contributed by atoms with Gasteiger partial charge in [0.15, 0.2) is 0 Å². The summed E-state index contributed by atoms with van der Waals surface area (Å²) in [7, 11) is 0. The zero-order valence-electron chi connectivity index (χ0n) is 5.39. The van der Waals surface area contributed by atoms with Gasteiger partial charge in [0.1, 0.15) is 0 Å². The Hall–Kier alpha value is 0.250. The van der Waals surface area contributed by atoms with Gasteiger partial charge in [0.25, 0.3) is 0 Å². The zero-order valence-corrected chi connectivity index (χ0v) is 6.15. The van der Waals surface area contributed by atoms with E-state index in [-0.39, 0.29) is 0 Å². The highest BCUT2D eigenvalue weighted by Crippen LogP contribution is 2.21. The molecule has 1 fully saturated rings. The molecule has 0 aromatic heterocycles. The number of hydrogen-bond acceptors (Lipinski definition) is 1. The van der Waals surface area contributed by atoms with Gasteiger partial charge in [0.05, 0.1) is 0 Å². The lowest BCUT2D eigenvalue weighted by atomic mass is 10.4. The minimum atomic E-state index is 0.691. The number of hydrogen-bond donors (Lipinski definition) is 0. The first-order valence-corrected chi connectivity index (χ1v) is 3.61. The summed E-state index contributed by atoms with van der Waals surface area (Å²) in [4.78, 5) is 2.38. The average Bonchev–Trinajstić information content (AvgIpc) is 2.42. The molecule has 2 heteroatoms. The minimum absolute atomic E-state index is 0.691. The van der Waals surface area contributed by atoms with E-state index in [1.165, 1.54) is 6.54 Å². The van der Waals surface area contributed by atoms with Crippen LogP contribution in [0.3, 0.4) is 0 Å². The smallest absolute Gasteiger partial charge is 0.0392 e. The largest absolute Gasteiger partial charge is 0.294 e. The summed E-state index contributed by atoms with van der Waals surface area (Å²) >= 11 is 5.60. The molecule has 48 valence electrons. The molecule has 0 bridgehead atoms. The van der Waals surface area contributed by atoms with Gasteiger partial charge in [0, 0.05) is 24.5 Å². The fourth-order valence-electron chi connectivity index (χ4n) is 0.966. The van der Waals surface area contributed by atoms with Gasteiger partial charge in [-0.3, -0.25) is 4.90 Å². The molecular weight excluding hydrogens is 122 g/mol. The van der Waals surface area contributed by atoms with E-state index in [0.29, 0.717) is 12.1 Å². The quantitative estimate of drug-likeness (QED) is 0.406. The second kappa shape index (κ2) is 2.24. The number of halogens is 1. The average molecular weight is 134 g/mol. The molecule has 1 aliphatic heterocycles. The predicted molar refractivity (Wildman–Crippen MR) is 36.4 cm³/mol. The lowest BCUT2D eigenvalue weighted by Gasteiger charge is -2.03. The van der Waals surface area contributed by atoms with Crippen molar-refractivity contribution < 1.29 is 0 Å². The SMILES string of the molecule is CC(C)N1CC1CCl. The summed E-state index contributed by atoms with van der Waals surface area (Å²) in [6.45, 7) is 5.61. The van der Waals surface area contributed by atoms with Crippen LogP contribution in [0.5, 0.6) is 0 Å². The molecule has 0 N–H and O–H groups in total. The topological polar surface area (TPSA) is 3.01 Å². The minimum Gasteiger partial charge on any atom is -0.294 e. The Kier molecular flexibility index (Phi) is 1.78. The molecule has 1 heterocycles. The summed E-state index contributed by atoms with van der Waals surface area (Å²) in [6, 6.07) is 1.38. The molecule has 0 amide bonds. The van der Waals surface area contributed by atoms with Crippen LogP contribution in [0.15, 0.2) is 0 Å². The maximum atomic E-state index is 5.60. The number of nitrogens with zero attached hydrogens (tertiary/aromatic N) is 1. The standard InChI is InChI=1S/C6H12ClN/c1-5(2)8-4-6(8)3-7/h5-6H,3-4H2,1-2H3. The molecule has 0 radical (unpaired) electrons. The second-order valence-corrected chi connectivity index (χ2v) is 2.91. The summed E-state index contributed by atoms with van der Waals surface area (Å²) in [5.74, 6) is 0.804. The molecule has 0 spiro atoms. The molecule has 0 aliphatic carbocycles. The molecule has 1 aliphatic rings. The Bertz CT molecular complexity index is 82.6. The van der Waals surface area contributed by atoms with Gasteiger partial charge in [-0.1, -0.05) is 0 Å². The fraction of sp³-hybridized carbons (Fsp3) is 1.00. The van der Waals surface area contributed by atoms with Gasteiger partial charge in [0.2, 0.25) is 0 Å². The first-order chi connectivity index (χ1) is 3.75. The highest BCUT2D eigenvalue weighted by Gasteiger charge is 2.34. The van der Waals surface area contributed by atoms with Gasteiger partial charge < -0.3 is 0 Å². The van der Waals surface area contributed by atoms with Gasteiger partial charge >= 0.3 is 0 Å².